The number of hydrogen-bond donors (Lipinski definition) is 4. The molecule has 626 valence electrons. The van der Waals surface area contributed by atoms with Gasteiger partial charge >= 0.3 is 22.2 Å². The van der Waals surface area contributed by atoms with Crippen LogP contribution in [0.15, 0.2) is 227 Å². The van der Waals surface area contributed by atoms with Gasteiger partial charge in [-0.1, -0.05) is 95.4 Å². The van der Waals surface area contributed by atoms with Crippen LogP contribution >= 0.6 is 0 Å². The van der Waals surface area contributed by atoms with E-state index in [9.17, 15) is 73.3 Å². The molecule has 33 heteroatoms. The van der Waals surface area contributed by atoms with Crippen LogP contribution in [-0.4, -0.2) is 202 Å². The molecule has 5 aromatic heterocycles. The number of nitrogens with zero attached hydrogens (tertiary/aromatic N) is 13. The van der Waals surface area contributed by atoms with Gasteiger partial charge in [-0.15, -0.1) is 5.10 Å². The third-order valence-electron chi connectivity index (χ3n) is 22.0. The molecule has 10 aromatic rings. The molecule has 0 aliphatic carbocycles. The summed E-state index contributed by atoms with van der Waals surface area (Å²) < 4.78 is 105. The van der Waals surface area contributed by atoms with Gasteiger partial charge in [0.15, 0.2) is 28.8 Å². The SMILES string of the molecule is Cc1ccc(S(=O)(=O)n2ccc(CN3CCC(N4CCCCC4)CC3)c(O)c2=O)cc1.Cc1ccc(S(=O)(=O)n2ccc(CN3CCCC3)c(O)c2=O)cc1.Cc1ccc(S(=O)(=O)n2ccc(CN3CCN(c4ccc(C)nn4)CC3)c(O)c2=O)cc1.Cc1ccc(S(=O)(=O)n2ccc(CN3CCN(c4ccccc4)CC3)c(O)c2=O)cc1. The number of aromatic hydroxyl groups is 4. The summed E-state index contributed by atoms with van der Waals surface area (Å²) in [5.74, 6) is -1.24. The molecule has 0 spiro atoms. The first-order valence-electron chi connectivity index (χ1n) is 39.4. The minimum Gasteiger partial charge on any atom is -0.503 e. The number of aromatic nitrogens is 6. The van der Waals surface area contributed by atoms with Gasteiger partial charge in [0.25, 0.3) is 40.1 Å². The van der Waals surface area contributed by atoms with Gasteiger partial charge in [-0.3, -0.25) is 38.8 Å². The van der Waals surface area contributed by atoms with E-state index in [2.05, 4.69) is 56.6 Å². The summed E-state index contributed by atoms with van der Waals surface area (Å²) in [6.07, 6.45) is 13.2. The highest BCUT2D eigenvalue weighted by Gasteiger charge is 2.31. The van der Waals surface area contributed by atoms with E-state index in [0.717, 1.165) is 125 Å². The maximum atomic E-state index is 12.8. The van der Waals surface area contributed by atoms with Crippen molar-refractivity contribution in [3.63, 3.8) is 0 Å². The van der Waals surface area contributed by atoms with E-state index in [4.69, 9.17) is 0 Å². The van der Waals surface area contributed by atoms with Crippen LogP contribution in [0, 0.1) is 34.6 Å². The number of para-hydroxylation sites is 1. The van der Waals surface area contributed by atoms with Crippen molar-refractivity contribution < 1.29 is 54.1 Å². The van der Waals surface area contributed by atoms with E-state index in [1.807, 2.05) is 65.0 Å². The zero-order valence-electron chi connectivity index (χ0n) is 66.8. The number of piperidine rings is 2. The minimum atomic E-state index is -4.09. The summed E-state index contributed by atoms with van der Waals surface area (Å²) >= 11 is 0. The van der Waals surface area contributed by atoms with Gasteiger partial charge in [-0.25, -0.2) is 49.6 Å². The molecule has 5 fully saturated rings. The van der Waals surface area contributed by atoms with Crippen LogP contribution in [0.25, 0.3) is 0 Å². The molecule has 0 atom stereocenters. The van der Waals surface area contributed by atoms with Gasteiger partial charge in [-0.05, 0) is 209 Å². The van der Waals surface area contributed by atoms with Crippen LogP contribution in [0.5, 0.6) is 23.0 Å². The molecule has 0 amide bonds. The molecule has 0 saturated carbocycles. The Bertz CT molecular complexity index is 5890. The molecule has 10 heterocycles. The Kier molecular flexibility index (Phi) is 27.9. The fraction of sp³-hybridized carbons (Fsp3) is 0.365. The second-order valence-corrected chi connectivity index (χ2v) is 37.7. The van der Waals surface area contributed by atoms with Crippen molar-refractivity contribution in [2.45, 2.75) is 131 Å². The summed E-state index contributed by atoms with van der Waals surface area (Å²) in [7, 11) is -16.2. The van der Waals surface area contributed by atoms with Crippen molar-refractivity contribution in [3.05, 3.63) is 280 Å². The molecule has 4 N–H and O–H groups in total. The van der Waals surface area contributed by atoms with Gasteiger partial charge in [-0.2, -0.15) is 5.10 Å². The highest BCUT2D eigenvalue weighted by atomic mass is 32.2. The van der Waals surface area contributed by atoms with Gasteiger partial charge in [0.1, 0.15) is 0 Å². The number of pyridine rings is 4. The standard InChI is InChI=1S/C23H31N3O4S.C23H25N3O4S.C22H25N5O4S.C17H20N2O4S/c1-18-5-7-21(8-6-18)31(29,30)26-16-9-19(22(27)23(26)28)17-24-14-10-20(11-15-24)25-12-3-2-4-13-25;1-18-7-9-21(10-8-18)31(29,30)26-12-11-19(22(27)23(26)28)17-24-13-15-25(16-14-24)20-5-3-2-4-6-20;1-16-3-6-19(7-4-16)32(30,31)27-10-9-18(21(28)22(27)29)15-25-11-13-26(14-12-25)20-8-5-17(2)23-24-20;1-13-4-6-15(7-5-13)24(22,23)19-11-8-14(16(20)17(19)21)12-18-9-2-3-10-18/h5-9,16,20,27H,2-4,10-15,17H2,1H3;2-12,27H,13-17H2,1H3;3-10,28H,11-15H2,1-2H3;4-8,11,20H,2-3,9-10,12H2,1H3. The monoisotopic (exact) mass is 1690 g/mol. The number of likely N-dealkylation sites (tertiary alicyclic amines) is 3. The third-order valence-corrected chi connectivity index (χ3v) is 28.7. The van der Waals surface area contributed by atoms with Crippen molar-refractivity contribution in [3.8, 4) is 23.0 Å². The van der Waals surface area contributed by atoms with Crippen molar-refractivity contribution in [1.29, 1.82) is 0 Å². The first-order chi connectivity index (χ1) is 56.4. The maximum absolute atomic E-state index is 12.8. The topological polar surface area (TPSA) is 354 Å². The van der Waals surface area contributed by atoms with Crippen LogP contribution in [0.1, 0.15) is 95.1 Å². The Hall–Kier alpha value is -10.6. The Morgan fingerprint density at radius 1 is 0.314 bits per heavy atom. The van der Waals surface area contributed by atoms with E-state index >= 15 is 0 Å². The fourth-order valence-electron chi connectivity index (χ4n) is 14.9. The smallest absolute Gasteiger partial charge is 0.306 e. The minimum absolute atomic E-state index is 0.00406. The van der Waals surface area contributed by atoms with Crippen LogP contribution in [0.3, 0.4) is 0 Å². The summed E-state index contributed by atoms with van der Waals surface area (Å²) in [6, 6.07) is 45.7. The van der Waals surface area contributed by atoms with Crippen molar-refractivity contribution in [2.24, 2.45) is 0 Å². The molecule has 5 aromatic carbocycles. The van der Waals surface area contributed by atoms with Gasteiger partial charge in [0.2, 0.25) is 0 Å². The van der Waals surface area contributed by atoms with E-state index in [0.29, 0.717) is 83.5 Å². The first kappa shape index (κ1) is 86.7. The molecule has 15 rings (SSSR count). The summed E-state index contributed by atoms with van der Waals surface area (Å²) in [5.41, 5.74) is 3.76. The third kappa shape index (κ3) is 20.5. The van der Waals surface area contributed by atoms with Crippen LogP contribution in [0.4, 0.5) is 11.5 Å². The van der Waals surface area contributed by atoms with E-state index in [1.165, 1.54) is 130 Å². The second kappa shape index (κ2) is 38.0. The van der Waals surface area contributed by atoms with Gasteiger partial charge < -0.3 is 35.1 Å². The lowest BCUT2D eigenvalue weighted by Crippen LogP contribution is -2.46. The van der Waals surface area contributed by atoms with Crippen LogP contribution < -0.4 is 32.0 Å². The lowest BCUT2D eigenvalue weighted by atomic mass is 9.99. The molecular weight excluding hydrogens is 1590 g/mol. The second-order valence-electron chi connectivity index (χ2n) is 30.4. The van der Waals surface area contributed by atoms with Crippen LogP contribution in [-0.2, 0) is 66.3 Å². The molecule has 0 unspecified atom stereocenters. The zero-order chi connectivity index (χ0) is 84.2. The van der Waals surface area contributed by atoms with Gasteiger partial charge in [0, 0.05) is 137 Å². The number of rotatable bonds is 19. The number of anilines is 2. The maximum Gasteiger partial charge on any atom is 0.306 e. The molecule has 29 nitrogen and oxygen atoms in total. The molecule has 5 aliphatic rings. The summed E-state index contributed by atoms with van der Waals surface area (Å²) in [5, 5.41) is 49.9. The Balaban J connectivity index is 0.000000145. The lowest BCUT2D eigenvalue weighted by molar-refractivity contribution is 0.0893. The average molecular weight is 1690 g/mol. The van der Waals surface area contributed by atoms with Crippen LogP contribution in [0.2, 0.25) is 0 Å². The normalized spacial score (nSPS) is 16.4. The fourth-order valence-corrected chi connectivity index (χ4v) is 19.8. The Morgan fingerprint density at radius 3 is 0.924 bits per heavy atom. The summed E-state index contributed by atoms with van der Waals surface area (Å²) in [4.78, 5) is 66.1. The number of benzene rings is 5. The van der Waals surface area contributed by atoms with Crippen molar-refractivity contribution in [2.75, 3.05) is 101 Å². The molecule has 5 aliphatic heterocycles. The average Bonchev–Trinajstić information content (AvgIpc) is 0.928. The predicted molar refractivity (Wildman–Crippen MR) is 451 cm³/mol. The molecule has 118 heavy (non-hydrogen) atoms. The first-order valence-corrected chi connectivity index (χ1v) is 45.1. The lowest BCUT2D eigenvalue weighted by Gasteiger charge is -2.40. The quantitative estimate of drug-likeness (QED) is 0.0592. The molecular formula is C85H101N13O16S4. The number of piperazine rings is 2. The van der Waals surface area contributed by atoms with Gasteiger partial charge in [0.05, 0.1) is 25.3 Å². The van der Waals surface area contributed by atoms with E-state index in [1.54, 1.807) is 54.6 Å². The highest BCUT2D eigenvalue weighted by molar-refractivity contribution is 7.90. The largest absolute Gasteiger partial charge is 0.503 e. The van der Waals surface area contributed by atoms with E-state index in [-0.39, 0.29) is 19.6 Å². The molecule has 0 bridgehead atoms. The number of aryl methyl sites for hydroxylation is 5. The molecule has 0 radical (unpaired) electrons. The summed E-state index contributed by atoms with van der Waals surface area (Å²) in [6.45, 7) is 23.1. The predicted octanol–water partition coefficient (Wildman–Crippen LogP) is 8.19. The molecule has 5 saturated heterocycles. The van der Waals surface area contributed by atoms with E-state index < -0.39 is 85.3 Å². The zero-order valence-corrected chi connectivity index (χ0v) is 70.1. The van der Waals surface area contributed by atoms with Crippen molar-refractivity contribution >= 4 is 51.6 Å². The highest BCUT2D eigenvalue weighted by Crippen LogP contribution is 2.28. The van der Waals surface area contributed by atoms with Crippen molar-refractivity contribution in [1.82, 2.24) is 50.6 Å². The Morgan fingerprint density at radius 2 is 0.610 bits per heavy atom. The number of hydrogen-bond acceptors (Lipinski definition) is 25. The Labute approximate surface area is 688 Å².